The zero-order valence-electron chi connectivity index (χ0n) is 14.0. The number of carbonyl (C=O) groups excluding carboxylic acids is 1. The van der Waals surface area contributed by atoms with Gasteiger partial charge in [0.1, 0.15) is 5.69 Å². The van der Waals surface area contributed by atoms with Gasteiger partial charge in [-0.05, 0) is 48.4 Å². The van der Waals surface area contributed by atoms with E-state index in [1.165, 1.54) is 5.56 Å². The highest BCUT2D eigenvalue weighted by atomic mass is 16.2. The van der Waals surface area contributed by atoms with E-state index >= 15 is 0 Å². The summed E-state index contributed by atoms with van der Waals surface area (Å²) < 4.78 is 0. The van der Waals surface area contributed by atoms with Crippen LogP contribution in [0.25, 0.3) is 0 Å². The van der Waals surface area contributed by atoms with E-state index in [2.05, 4.69) is 22.4 Å². The zero-order valence-corrected chi connectivity index (χ0v) is 14.0. The summed E-state index contributed by atoms with van der Waals surface area (Å²) in [6.45, 7) is 0.668. The van der Waals surface area contributed by atoms with Crippen molar-refractivity contribution in [2.45, 2.75) is 6.42 Å². The van der Waals surface area contributed by atoms with Crippen molar-refractivity contribution in [2.75, 3.05) is 16.8 Å². The Hall–Kier alpha value is -3.65. The zero-order chi connectivity index (χ0) is 17.9. The van der Waals surface area contributed by atoms with Gasteiger partial charge in [-0.2, -0.15) is 5.26 Å². The summed E-state index contributed by atoms with van der Waals surface area (Å²) in [5.74, 6) is -0.107. The molecule has 1 amide bonds. The van der Waals surface area contributed by atoms with Crippen molar-refractivity contribution in [1.82, 2.24) is 4.98 Å². The van der Waals surface area contributed by atoms with Crippen LogP contribution in [0.2, 0.25) is 0 Å². The van der Waals surface area contributed by atoms with Gasteiger partial charge < -0.3 is 10.2 Å². The maximum atomic E-state index is 12.9. The van der Waals surface area contributed by atoms with Gasteiger partial charge in [0.25, 0.3) is 5.91 Å². The molecular formula is C21H16N4O. The van der Waals surface area contributed by atoms with E-state index in [1.807, 2.05) is 30.3 Å². The molecular weight excluding hydrogens is 324 g/mol. The number of amides is 1. The lowest BCUT2D eigenvalue weighted by Gasteiger charge is -2.17. The molecule has 26 heavy (non-hydrogen) atoms. The first kappa shape index (κ1) is 15.9. The Bertz CT molecular complexity index is 1020. The van der Waals surface area contributed by atoms with E-state index in [-0.39, 0.29) is 5.91 Å². The number of hydrogen-bond donors (Lipinski definition) is 1. The molecule has 1 N–H and O–H groups in total. The van der Waals surface area contributed by atoms with Crippen LogP contribution < -0.4 is 10.2 Å². The smallest absolute Gasteiger partial charge is 0.276 e. The molecule has 0 bridgehead atoms. The van der Waals surface area contributed by atoms with Gasteiger partial charge >= 0.3 is 0 Å². The van der Waals surface area contributed by atoms with Crippen LogP contribution in [-0.4, -0.2) is 17.4 Å². The lowest BCUT2D eigenvalue weighted by molar-refractivity contribution is 0.0984. The summed E-state index contributed by atoms with van der Waals surface area (Å²) in [6.07, 6.45) is 2.48. The van der Waals surface area contributed by atoms with Gasteiger partial charge in [-0.1, -0.05) is 24.3 Å². The summed E-state index contributed by atoms with van der Waals surface area (Å²) in [5.41, 5.74) is 4.66. The molecule has 5 nitrogen and oxygen atoms in total. The van der Waals surface area contributed by atoms with Crippen LogP contribution in [0.1, 0.15) is 21.6 Å². The lowest BCUT2D eigenvalue weighted by Crippen LogP contribution is -2.29. The van der Waals surface area contributed by atoms with Gasteiger partial charge in [-0.15, -0.1) is 0 Å². The van der Waals surface area contributed by atoms with E-state index in [9.17, 15) is 4.79 Å². The minimum Gasteiger partial charge on any atom is -0.355 e. The maximum absolute atomic E-state index is 12.9. The van der Waals surface area contributed by atoms with Crippen molar-refractivity contribution in [3.63, 3.8) is 0 Å². The number of nitriles is 1. The van der Waals surface area contributed by atoms with Crippen molar-refractivity contribution in [3.8, 4) is 6.07 Å². The number of anilines is 3. The largest absolute Gasteiger partial charge is 0.355 e. The number of carbonyl (C=O) groups is 1. The molecule has 3 aromatic rings. The molecule has 0 saturated heterocycles. The minimum atomic E-state index is -0.107. The molecule has 5 heteroatoms. The second-order valence-corrected chi connectivity index (χ2v) is 6.08. The number of benzene rings is 2. The van der Waals surface area contributed by atoms with Crippen molar-refractivity contribution >= 4 is 23.0 Å². The van der Waals surface area contributed by atoms with Gasteiger partial charge in [-0.3, -0.25) is 9.78 Å². The molecule has 0 spiro atoms. The summed E-state index contributed by atoms with van der Waals surface area (Å²) in [4.78, 5) is 18.9. The highest BCUT2D eigenvalue weighted by molar-refractivity contribution is 6.06. The first-order valence-corrected chi connectivity index (χ1v) is 8.37. The normalized spacial score (nSPS) is 12.3. The van der Waals surface area contributed by atoms with Crippen molar-refractivity contribution in [3.05, 3.63) is 83.7 Å². The Morgan fingerprint density at radius 1 is 1.08 bits per heavy atom. The Morgan fingerprint density at radius 2 is 1.92 bits per heavy atom. The highest BCUT2D eigenvalue weighted by Crippen LogP contribution is 2.29. The topological polar surface area (TPSA) is 69.0 Å². The van der Waals surface area contributed by atoms with E-state index in [0.717, 1.165) is 23.5 Å². The monoisotopic (exact) mass is 340 g/mol. The van der Waals surface area contributed by atoms with Crippen LogP contribution in [0.15, 0.2) is 66.9 Å². The number of fused-ring (bicyclic) bond motifs is 1. The highest BCUT2D eigenvalue weighted by Gasteiger charge is 2.25. The number of nitrogens with one attached hydrogen (secondary N) is 1. The van der Waals surface area contributed by atoms with Crippen LogP contribution in [-0.2, 0) is 6.42 Å². The van der Waals surface area contributed by atoms with E-state index in [4.69, 9.17) is 5.26 Å². The van der Waals surface area contributed by atoms with E-state index < -0.39 is 0 Å². The summed E-state index contributed by atoms with van der Waals surface area (Å²) >= 11 is 0. The molecule has 4 rings (SSSR count). The van der Waals surface area contributed by atoms with Crippen molar-refractivity contribution in [2.24, 2.45) is 0 Å². The summed E-state index contributed by atoms with van der Waals surface area (Å²) in [5, 5.41) is 12.2. The molecule has 2 aromatic carbocycles. The van der Waals surface area contributed by atoms with Crippen LogP contribution in [0.3, 0.4) is 0 Å². The first-order chi connectivity index (χ1) is 12.7. The fourth-order valence-corrected chi connectivity index (χ4v) is 3.15. The number of rotatable bonds is 3. The number of aromatic nitrogens is 1. The van der Waals surface area contributed by atoms with Gasteiger partial charge in [0, 0.05) is 29.8 Å². The molecule has 1 aromatic heterocycles. The van der Waals surface area contributed by atoms with Crippen molar-refractivity contribution in [1.29, 1.82) is 5.26 Å². The standard InChI is InChI=1S/C21H16N4O/c22-14-15-4-3-6-17(12-15)24-18-8-10-23-19(13-18)21(26)25-11-9-16-5-1-2-7-20(16)25/h1-8,10,12-13H,9,11H2,(H,23,24). The minimum absolute atomic E-state index is 0.107. The molecule has 0 aliphatic carbocycles. The second kappa shape index (κ2) is 6.69. The number of para-hydroxylation sites is 1. The molecule has 0 unspecified atom stereocenters. The first-order valence-electron chi connectivity index (χ1n) is 8.37. The molecule has 1 aliphatic rings. The maximum Gasteiger partial charge on any atom is 0.276 e. The number of pyridine rings is 1. The molecule has 0 fully saturated rings. The lowest BCUT2D eigenvalue weighted by atomic mass is 10.2. The SMILES string of the molecule is N#Cc1cccc(Nc2ccnc(C(=O)N3CCc4ccccc43)c2)c1. The third-order valence-electron chi connectivity index (χ3n) is 4.39. The van der Waals surface area contributed by atoms with Crippen LogP contribution >= 0.6 is 0 Å². The van der Waals surface area contributed by atoms with E-state index in [0.29, 0.717) is 17.8 Å². The van der Waals surface area contributed by atoms with Crippen LogP contribution in [0.4, 0.5) is 17.1 Å². The fraction of sp³-hybridized carbons (Fsp3) is 0.0952. The van der Waals surface area contributed by atoms with Crippen LogP contribution in [0, 0.1) is 11.3 Å². The predicted molar refractivity (Wildman–Crippen MR) is 100 cm³/mol. The van der Waals surface area contributed by atoms with E-state index in [1.54, 1.807) is 35.4 Å². The van der Waals surface area contributed by atoms with Gasteiger partial charge in [0.15, 0.2) is 0 Å². The molecule has 2 heterocycles. The number of nitrogens with zero attached hydrogens (tertiary/aromatic N) is 3. The second-order valence-electron chi connectivity index (χ2n) is 6.08. The van der Waals surface area contributed by atoms with Gasteiger partial charge in [0.05, 0.1) is 11.6 Å². The molecule has 0 saturated carbocycles. The fourth-order valence-electron chi connectivity index (χ4n) is 3.15. The average Bonchev–Trinajstić information content (AvgIpc) is 3.12. The summed E-state index contributed by atoms with van der Waals surface area (Å²) in [6, 6.07) is 20.8. The Kier molecular flexibility index (Phi) is 4.08. The Labute approximate surface area is 151 Å². The Balaban J connectivity index is 1.58. The average molecular weight is 340 g/mol. The van der Waals surface area contributed by atoms with Crippen molar-refractivity contribution < 1.29 is 4.79 Å². The Morgan fingerprint density at radius 3 is 2.81 bits per heavy atom. The summed E-state index contributed by atoms with van der Waals surface area (Å²) in [7, 11) is 0. The quantitative estimate of drug-likeness (QED) is 0.785. The van der Waals surface area contributed by atoms with Crippen LogP contribution in [0.5, 0.6) is 0 Å². The molecule has 1 aliphatic heterocycles. The number of hydrogen-bond acceptors (Lipinski definition) is 4. The molecule has 0 radical (unpaired) electrons. The third-order valence-corrected chi connectivity index (χ3v) is 4.39. The van der Waals surface area contributed by atoms with Gasteiger partial charge in [-0.25, -0.2) is 0 Å². The van der Waals surface area contributed by atoms with Gasteiger partial charge in [0.2, 0.25) is 0 Å². The predicted octanol–water partition coefficient (Wildman–Crippen LogP) is 3.90. The molecule has 126 valence electrons. The third kappa shape index (κ3) is 3.01. The molecule has 0 atom stereocenters.